The molecule has 0 spiro atoms. The van der Waals surface area contributed by atoms with Gasteiger partial charge in [0.1, 0.15) is 59.1 Å². The molecule has 1 saturated heterocycles. The standard InChI is InChI=1S/C46H81N7O16/c1-42(2,3)20-30(56)53(14)36-33(58)38(64-23-46(36,13)63)66-35-27(51-37(59)28(54)17-18-48-39(60)67-43(4,5)6)19-26(52-41(62)69-45(10,11)12)31(32(35)57)34-25(16-15-24(21-47)65-34)50-29(55)22-49-40(61)68-44(7,8)9/h15,25-28,31-36,38,54,57-58,63H,16-23,47H2,1-14H3,(H,48,60)(H,49,61)(H,50,55)(H,51,59)(H,52,62)/t25-,26+,27-,28+,31?,32+,33-,34+,35+,36-,38-,46+/m1/s1. The summed E-state index contributed by atoms with van der Waals surface area (Å²) in [6.07, 6.45) is -11.0. The lowest BCUT2D eigenvalue weighted by Crippen LogP contribution is -2.71. The molecule has 23 heteroatoms. The highest BCUT2D eigenvalue weighted by molar-refractivity contribution is 5.83. The quantitative estimate of drug-likeness (QED) is 0.101. The third-order valence-electron chi connectivity index (χ3n) is 11.1. The summed E-state index contributed by atoms with van der Waals surface area (Å²) in [7, 11) is 1.43. The fourth-order valence-corrected chi connectivity index (χ4v) is 8.30. The van der Waals surface area contributed by atoms with Gasteiger partial charge in [-0.05, 0) is 100.0 Å². The van der Waals surface area contributed by atoms with Gasteiger partial charge in [0, 0.05) is 32.0 Å². The van der Waals surface area contributed by atoms with Crippen molar-refractivity contribution in [2.24, 2.45) is 17.1 Å². The highest BCUT2D eigenvalue weighted by Crippen LogP contribution is 2.39. The maximum atomic E-state index is 13.8. The van der Waals surface area contributed by atoms with Gasteiger partial charge in [0.05, 0.1) is 37.4 Å². The number of likely N-dealkylation sites (N-methyl/N-ethyl adjacent to an activating group) is 1. The largest absolute Gasteiger partial charge is 0.491 e. The molecule has 0 aromatic carbocycles. The maximum absolute atomic E-state index is 13.8. The molecule has 0 bridgehead atoms. The number of hydrogen-bond acceptors (Lipinski definition) is 17. The summed E-state index contributed by atoms with van der Waals surface area (Å²) in [5.74, 6) is -3.01. The van der Waals surface area contributed by atoms with Crippen LogP contribution in [0.25, 0.3) is 0 Å². The zero-order valence-corrected chi connectivity index (χ0v) is 42.8. The van der Waals surface area contributed by atoms with Crippen molar-refractivity contribution in [3.8, 4) is 0 Å². The Bertz CT molecular complexity index is 1820. The van der Waals surface area contributed by atoms with Gasteiger partial charge < -0.3 is 86.1 Å². The molecule has 1 saturated carbocycles. The predicted molar refractivity (Wildman–Crippen MR) is 249 cm³/mol. The molecule has 23 nitrogen and oxygen atoms in total. The number of carbonyl (C=O) groups is 6. The zero-order chi connectivity index (χ0) is 52.6. The Balaban J connectivity index is 2.11. The number of aliphatic hydroxyl groups is 4. The molecule has 2 heterocycles. The molecule has 69 heavy (non-hydrogen) atoms. The van der Waals surface area contributed by atoms with E-state index in [1.54, 1.807) is 68.4 Å². The smallest absolute Gasteiger partial charge is 0.408 e. The first-order valence-electron chi connectivity index (χ1n) is 23.4. The average Bonchev–Trinajstić information content (AvgIpc) is 3.16. The third-order valence-corrected chi connectivity index (χ3v) is 11.1. The lowest BCUT2D eigenvalue weighted by atomic mass is 9.72. The number of aliphatic hydroxyl groups excluding tert-OH is 3. The van der Waals surface area contributed by atoms with Gasteiger partial charge in [-0.3, -0.25) is 14.4 Å². The van der Waals surface area contributed by atoms with Crippen LogP contribution in [0.15, 0.2) is 11.8 Å². The van der Waals surface area contributed by atoms with Crippen molar-refractivity contribution in [2.75, 3.05) is 33.3 Å². The molecule has 1 aliphatic carbocycles. The van der Waals surface area contributed by atoms with Crippen LogP contribution >= 0.6 is 0 Å². The van der Waals surface area contributed by atoms with Gasteiger partial charge in [0.2, 0.25) is 17.7 Å². The van der Waals surface area contributed by atoms with Crippen LogP contribution < -0.4 is 32.3 Å². The van der Waals surface area contributed by atoms with E-state index in [1.165, 1.54) is 18.9 Å². The van der Waals surface area contributed by atoms with Crippen LogP contribution in [-0.4, -0.2) is 178 Å². The van der Waals surface area contributed by atoms with Crippen LogP contribution in [0.3, 0.4) is 0 Å². The van der Waals surface area contributed by atoms with Crippen molar-refractivity contribution < 1.29 is 77.6 Å². The summed E-state index contributed by atoms with van der Waals surface area (Å²) in [4.78, 5) is 80.3. The summed E-state index contributed by atoms with van der Waals surface area (Å²) in [5, 5.41) is 60.5. The van der Waals surface area contributed by atoms with Gasteiger partial charge in [-0.1, -0.05) is 20.8 Å². The van der Waals surface area contributed by atoms with E-state index in [-0.39, 0.29) is 44.5 Å². The fraction of sp³-hybridized carbons (Fsp3) is 0.826. The van der Waals surface area contributed by atoms with Crippen molar-refractivity contribution >= 4 is 36.0 Å². The van der Waals surface area contributed by atoms with Crippen LogP contribution in [0.2, 0.25) is 0 Å². The van der Waals surface area contributed by atoms with E-state index in [4.69, 9.17) is 34.2 Å². The Morgan fingerprint density at radius 1 is 0.826 bits per heavy atom. The van der Waals surface area contributed by atoms with Gasteiger partial charge in [-0.15, -0.1) is 0 Å². The predicted octanol–water partition coefficient (Wildman–Crippen LogP) is 0.779. The Morgan fingerprint density at radius 2 is 1.39 bits per heavy atom. The van der Waals surface area contributed by atoms with E-state index < -0.39 is 144 Å². The second-order valence-corrected chi connectivity index (χ2v) is 22.4. The molecule has 1 unspecified atom stereocenters. The minimum atomic E-state index is -1.80. The van der Waals surface area contributed by atoms with Crippen LogP contribution in [0.5, 0.6) is 0 Å². The van der Waals surface area contributed by atoms with Crippen molar-refractivity contribution in [2.45, 2.75) is 199 Å². The SMILES string of the molecule is CN(C(=O)CC(C)(C)C)[C@@H]1[C@@H](O)[C@@H](O[C@H]2[C@H](NC(=O)[C@@H](O)CCNC(=O)OC(C)(C)C)C[C@H](NC(=O)OC(C)(C)C)C([C@H]3OC(CN)=CC[C@H]3NC(=O)CNC(=O)OC(C)(C)C)[C@@H]2O)OC[C@]1(C)O. The van der Waals surface area contributed by atoms with E-state index >= 15 is 0 Å². The summed E-state index contributed by atoms with van der Waals surface area (Å²) in [6.45, 7) is 20.6. The molecular formula is C46H81N7O16. The maximum Gasteiger partial charge on any atom is 0.408 e. The van der Waals surface area contributed by atoms with Crippen molar-refractivity contribution in [1.29, 1.82) is 0 Å². The minimum absolute atomic E-state index is 0.0589. The summed E-state index contributed by atoms with van der Waals surface area (Å²) < 4.78 is 34.9. The third kappa shape index (κ3) is 18.6. The first kappa shape index (κ1) is 58.8. The number of nitrogens with one attached hydrogen (secondary N) is 5. The number of amides is 6. The molecule has 11 N–H and O–H groups in total. The van der Waals surface area contributed by atoms with Crippen LogP contribution in [0.1, 0.15) is 116 Å². The second-order valence-electron chi connectivity index (χ2n) is 22.4. The Kier molecular flexibility index (Phi) is 20.1. The van der Waals surface area contributed by atoms with Crippen LogP contribution in [0.4, 0.5) is 14.4 Å². The molecule has 0 aromatic heterocycles. The summed E-state index contributed by atoms with van der Waals surface area (Å²) in [5.41, 5.74) is 1.14. The lowest BCUT2D eigenvalue weighted by molar-refractivity contribution is -0.306. The zero-order valence-electron chi connectivity index (χ0n) is 42.8. The van der Waals surface area contributed by atoms with E-state index in [9.17, 15) is 49.2 Å². The number of carbonyl (C=O) groups excluding carboxylic acids is 6. The fourth-order valence-electron chi connectivity index (χ4n) is 8.30. The van der Waals surface area contributed by atoms with Gasteiger partial charge in [-0.2, -0.15) is 0 Å². The minimum Gasteiger partial charge on any atom is -0.491 e. The number of rotatable bonds is 15. The number of nitrogens with zero attached hydrogens (tertiary/aromatic N) is 1. The topological polar surface area (TPSA) is 328 Å². The molecule has 0 radical (unpaired) electrons. The second kappa shape index (κ2) is 23.6. The summed E-state index contributed by atoms with van der Waals surface area (Å²) in [6, 6.07) is -4.74. The Labute approximate surface area is 405 Å². The van der Waals surface area contributed by atoms with Crippen molar-refractivity contribution in [3.63, 3.8) is 0 Å². The van der Waals surface area contributed by atoms with Crippen LogP contribution in [0, 0.1) is 11.3 Å². The molecule has 396 valence electrons. The number of alkyl carbamates (subject to hydrolysis) is 3. The van der Waals surface area contributed by atoms with Gasteiger partial charge in [0.25, 0.3) is 0 Å². The number of hydrogen-bond donors (Lipinski definition) is 10. The van der Waals surface area contributed by atoms with Crippen LogP contribution in [-0.2, 0) is 42.8 Å². The van der Waals surface area contributed by atoms with Gasteiger partial charge in [0.15, 0.2) is 6.29 Å². The molecule has 6 amide bonds. The molecule has 12 atom stereocenters. The molecule has 2 aliphatic heterocycles. The Morgan fingerprint density at radius 3 is 1.94 bits per heavy atom. The van der Waals surface area contributed by atoms with Gasteiger partial charge >= 0.3 is 18.3 Å². The highest BCUT2D eigenvalue weighted by atomic mass is 16.7. The number of ether oxygens (including phenoxy) is 6. The highest BCUT2D eigenvalue weighted by Gasteiger charge is 2.56. The Hall–Kier alpha value is -4.52. The molecule has 3 rings (SSSR count). The lowest BCUT2D eigenvalue weighted by Gasteiger charge is -2.52. The molecule has 2 fully saturated rings. The average molecular weight is 988 g/mol. The van der Waals surface area contributed by atoms with Crippen molar-refractivity contribution in [1.82, 2.24) is 31.5 Å². The van der Waals surface area contributed by atoms with E-state index in [0.717, 1.165) is 0 Å². The van der Waals surface area contributed by atoms with E-state index in [0.29, 0.717) is 0 Å². The normalized spacial score (nSPS) is 29.2. The summed E-state index contributed by atoms with van der Waals surface area (Å²) >= 11 is 0. The molecule has 0 aromatic rings. The number of nitrogens with two attached hydrogens (primary N) is 1. The molecule has 3 aliphatic rings. The van der Waals surface area contributed by atoms with Gasteiger partial charge in [-0.25, -0.2) is 14.4 Å². The van der Waals surface area contributed by atoms with E-state index in [1.807, 2.05) is 20.8 Å². The first-order valence-corrected chi connectivity index (χ1v) is 23.4. The van der Waals surface area contributed by atoms with E-state index in [2.05, 4.69) is 26.6 Å². The monoisotopic (exact) mass is 988 g/mol. The first-order chi connectivity index (χ1) is 31.5. The van der Waals surface area contributed by atoms with Crippen molar-refractivity contribution in [3.05, 3.63) is 11.8 Å². The molecular weight excluding hydrogens is 907 g/mol.